The maximum Gasteiger partial charge on any atom is 0.162 e. The molecule has 4 aromatic rings. The highest BCUT2D eigenvalue weighted by Gasteiger charge is 2.38. The van der Waals surface area contributed by atoms with Crippen LogP contribution in [0.3, 0.4) is 0 Å². The van der Waals surface area contributed by atoms with Crippen molar-refractivity contribution in [3.05, 3.63) is 107 Å². The zero-order chi connectivity index (χ0) is 23.1. The molecule has 2 aliphatic rings. The molecule has 4 nitrogen and oxygen atoms in total. The van der Waals surface area contributed by atoms with Crippen molar-refractivity contribution in [2.45, 2.75) is 31.7 Å². The molecule has 0 fully saturated rings. The Hall–Kier alpha value is -3.92. The smallest absolute Gasteiger partial charge is 0.162 e. The second kappa shape index (κ2) is 8.45. The van der Waals surface area contributed by atoms with Gasteiger partial charge in [-0.15, -0.1) is 0 Å². The lowest BCUT2D eigenvalue weighted by Crippen LogP contribution is -2.29. The third-order valence-electron chi connectivity index (χ3n) is 6.98. The maximum absolute atomic E-state index is 13.8. The first kappa shape index (κ1) is 20.7. The number of ether oxygens (including phenoxy) is 1. The molecule has 34 heavy (non-hydrogen) atoms. The van der Waals surface area contributed by atoms with Gasteiger partial charge in [0.15, 0.2) is 5.78 Å². The van der Waals surface area contributed by atoms with Gasteiger partial charge in [-0.1, -0.05) is 48.5 Å². The Morgan fingerprint density at radius 2 is 1.74 bits per heavy atom. The molecule has 0 bridgehead atoms. The van der Waals surface area contributed by atoms with Gasteiger partial charge < -0.3 is 10.1 Å². The molecule has 2 atom stereocenters. The number of anilines is 1. The lowest BCUT2D eigenvalue weighted by atomic mass is 9.72. The first-order valence-electron chi connectivity index (χ1n) is 11.9. The fourth-order valence-corrected chi connectivity index (χ4v) is 5.46. The highest BCUT2D eigenvalue weighted by Crippen LogP contribution is 2.50. The van der Waals surface area contributed by atoms with Gasteiger partial charge in [0, 0.05) is 34.8 Å². The molecule has 1 aliphatic carbocycles. The largest absolute Gasteiger partial charge is 0.494 e. The van der Waals surface area contributed by atoms with Crippen molar-refractivity contribution in [1.29, 1.82) is 0 Å². The van der Waals surface area contributed by atoms with Crippen molar-refractivity contribution in [3.8, 4) is 5.75 Å². The van der Waals surface area contributed by atoms with Gasteiger partial charge in [0.2, 0.25) is 0 Å². The van der Waals surface area contributed by atoms with E-state index in [1.54, 1.807) is 0 Å². The molecule has 4 heteroatoms. The van der Waals surface area contributed by atoms with Crippen LogP contribution in [0.1, 0.15) is 48.4 Å². The van der Waals surface area contributed by atoms with E-state index in [1.165, 1.54) is 5.56 Å². The second-order valence-electron chi connectivity index (χ2n) is 8.97. The Morgan fingerprint density at radius 3 is 2.53 bits per heavy atom. The van der Waals surface area contributed by atoms with Crippen molar-refractivity contribution in [1.82, 2.24) is 4.98 Å². The molecular weight excluding hydrogens is 420 g/mol. The molecule has 2 heterocycles. The van der Waals surface area contributed by atoms with E-state index in [9.17, 15) is 4.79 Å². The summed E-state index contributed by atoms with van der Waals surface area (Å²) in [5.41, 5.74) is 7.45. The predicted molar refractivity (Wildman–Crippen MR) is 136 cm³/mol. The summed E-state index contributed by atoms with van der Waals surface area (Å²) in [7, 11) is 0. The van der Waals surface area contributed by atoms with Gasteiger partial charge in [-0.2, -0.15) is 0 Å². The standard InChI is InChI=1S/C30H26N2O2/c1-2-34-22-12-10-20(11-13-22)30-29-24(17-21(18-27(29)33)19-7-4-3-5-8-19)28-23-9-6-16-31-25(23)14-15-26(28)32-30/h3-16,21,30,32H,2,17-18H2,1H3/t21-,30-/m1/s1. The molecule has 6 rings (SSSR count). The molecule has 0 saturated heterocycles. The number of allylic oxidation sites excluding steroid dienone is 1. The number of carbonyl (C=O) groups is 1. The van der Waals surface area contributed by atoms with Crippen molar-refractivity contribution < 1.29 is 9.53 Å². The van der Waals surface area contributed by atoms with E-state index in [-0.39, 0.29) is 17.7 Å². The second-order valence-corrected chi connectivity index (χ2v) is 8.97. The average molecular weight is 447 g/mol. The van der Waals surface area contributed by atoms with Crippen LogP contribution in [0.25, 0.3) is 16.5 Å². The van der Waals surface area contributed by atoms with Crippen LogP contribution in [0.15, 0.2) is 90.6 Å². The normalized spacial score (nSPS) is 19.4. The molecule has 168 valence electrons. The van der Waals surface area contributed by atoms with Crippen LogP contribution in [-0.2, 0) is 4.79 Å². The lowest BCUT2D eigenvalue weighted by Gasteiger charge is -2.37. The minimum Gasteiger partial charge on any atom is -0.494 e. The van der Waals surface area contributed by atoms with Crippen LogP contribution in [0.5, 0.6) is 5.75 Å². The number of carbonyl (C=O) groups excluding carboxylic acids is 1. The van der Waals surface area contributed by atoms with Crippen LogP contribution in [-0.4, -0.2) is 17.4 Å². The third kappa shape index (κ3) is 3.47. The van der Waals surface area contributed by atoms with E-state index in [2.05, 4.69) is 64.9 Å². The number of fused-ring (bicyclic) bond motifs is 4. The van der Waals surface area contributed by atoms with E-state index in [0.717, 1.165) is 51.0 Å². The zero-order valence-electron chi connectivity index (χ0n) is 19.1. The predicted octanol–water partition coefficient (Wildman–Crippen LogP) is 6.70. The number of benzene rings is 3. The number of ketones is 1. The summed E-state index contributed by atoms with van der Waals surface area (Å²) >= 11 is 0. The summed E-state index contributed by atoms with van der Waals surface area (Å²) in [5, 5.41) is 4.78. The summed E-state index contributed by atoms with van der Waals surface area (Å²) in [6.45, 7) is 2.61. The van der Waals surface area contributed by atoms with E-state index in [0.29, 0.717) is 13.0 Å². The van der Waals surface area contributed by atoms with Crippen molar-refractivity contribution in [3.63, 3.8) is 0 Å². The van der Waals surface area contributed by atoms with Crippen LogP contribution >= 0.6 is 0 Å². The van der Waals surface area contributed by atoms with E-state index in [1.807, 2.05) is 37.4 Å². The first-order chi connectivity index (χ1) is 16.7. The Balaban J connectivity index is 1.53. The van der Waals surface area contributed by atoms with Gasteiger partial charge >= 0.3 is 0 Å². The molecule has 1 N–H and O–H groups in total. The Bertz CT molecular complexity index is 1410. The van der Waals surface area contributed by atoms with Gasteiger partial charge in [-0.3, -0.25) is 9.78 Å². The summed E-state index contributed by atoms with van der Waals surface area (Å²) in [6.07, 6.45) is 3.18. The average Bonchev–Trinajstić information content (AvgIpc) is 2.89. The number of aromatic nitrogens is 1. The zero-order valence-corrected chi connectivity index (χ0v) is 19.1. The van der Waals surface area contributed by atoms with Gasteiger partial charge in [0.05, 0.1) is 18.2 Å². The molecule has 0 radical (unpaired) electrons. The number of Topliss-reactive ketones (excluding diaryl/α,β-unsaturated/α-hetero) is 1. The van der Waals surface area contributed by atoms with Gasteiger partial charge in [-0.05, 0) is 66.3 Å². The number of pyridine rings is 1. The van der Waals surface area contributed by atoms with Crippen LogP contribution in [0, 0.1) is 0 Å². The fraction of sp³-hybridized carbons (Fsp3) is 0.200. The number of nitrogens with zero attached hydrogens (tertiary/aromatic N) is 1. The maximum atomic E-state index is 13.8. The fourth-order valence-electron chi connectivity index (χ4n) is 5.46. The van der Waals surface area contributed by atoms with E-state index in [4.69, 9.17) is 4.74 Å². The van der Waals surface area contributed by atoms with Gasteiger partial charge in [0.1, 0.15) is 5.75 Å². The SMILES string of the molecule is CCOc1ccc([C@H]2Nc3ccc4ncccc4c3C3=C2C(=O)C[C@H](c2ccccc2)C3)cc1. The molecule has 0 unspecified atom stereocenters. The monoisotopic (exact) mass is 446 g/mol. The highest BCUT2D eigenvalue weighted by atomic mass is 16.5. The van der Waals surface area contributed by atoms with Crippen molar-refractivity contribution in [2.24, 2.45) is 0 Å². The molecular formula is C30H26N2O2. The number of nitrogens with one attached hydrogen (secondary N) is 1. The highest BCUT2D eigenvalue weighted by molar-refractivity contribution is 6.12. The van der Waals surface area contributed by atoms with Gasteiger partial charge in [-0.25, -0.2) is 0 Å². The number of hydrogen-bond donors (Lipinski definition) is 1. The lowest BCUT2D eigenvalue weighted by molar-refractivity contribution is -0.116. The number of rotatable bonds is 4. The minimum absolute atomic E-state index is 0.173. The van der Waals surface area contributed by atoms with E-state index >= 15 is 0 Å². The van der Waals surface area contributed by atoms with Crippen LogP contribution < -0.4 is 10.1 Å². The van der Waals surface area contributed by atoms with Crippen molar-refractivity contribution in [2.75, 3.05) is 11.9 Å². The summed E-state index contributed by atoms with van der Waals surface area (Å²) in [4.78, 5) is 18.4. The Labute approximate surface area is 199 Å². The molecule has 0 spiro atoms. The van der Waals surface area contributed by atoms with Crippen molar-refractivity contribution >= 4 is 27.9 Å². The minimum atomic E-state index is -0.184. The summed E-state index contributed by atoms with van der Waals surface area (Å²) < 4.78 is 5.64. The molecule has 0 saturated carbocycles. The van der Waals surface area contributed by atoms with Crippen LogP contribution in [0.2, 0.25) is 0 Å². The van der Waals surface area contributed by atoms with Gasteiger partial charge in [0.25, 0.3) is 0 Å². The molecule has 3 aromatic carbocycles. The first-order valence-corrected chi connectivity index (χ1v) is 11.9. The quantitative estimate of drug-likeness (QED) is 0.379. The summed E-state index contributed by atoms with van der Waals surface area (Å²) in [6, 6.07) is 26.6. The topological polar surface area (TPSA) is 51.2 Å². The van der Waals surface area contributed by atoms with E-state index < -0.39 is 0 Å². The molecule has 1 aliphatic heterocycles. The Morgan fingerprint density at radius 1 is 0.912 bits per heavy atom. The summed E-state index contributed by atoms with van der Waals surface area (Å²) in [5.74, 6) is 1.23. The van der Waals surface area contributed by atoms with Crippen LogP contribution in [0.4, 0.5) is 5.69 Å². The third-order valence-corrected chi connectivity index (χ3v) is 6.98. The number of hydrogen-bond acceptors (Lipinski definition) is 4. The molecule has 1 aromatic heterocycles. The Kier molecular flexibility index (Phi) is 5.14. The molecule has 0 amide bonds.